The Hall–Kier alpha value is -1.52. The van der Waals surface area contributed by atoms with Crippen LogP contribution in [0.4, 0.5) is 5.69 Å². The molecule has 18 heavy (non-hydrogen) atoms. The minimum absolute atomic E-state index is 0.188. The van der Waals surface area contributed by atoms with E-state index in [0.717, 1.165) is 0 Å². The molecule has 0 fully saturated rings. The van der Waals surface area contributed by atoms with E-state index in [1.54, 1.807) is 25.1 Å². The summed E-state index contributed by atoms with van der Waals surface area (Å²) in [6.07, 6.45) is 0. The molecule has 1 aromatic rings. The van der Waals surface area contributed by atoms with Crippen LogP contribution in [0.5, 0.6) is 0 Å². The number of nitrogens with one attached hydrogen (secondary N) is 1. The van der Waals surface area contributed by atoms with Crippen molar-refractivity contribution in [3.05, 3.63) is 39.4 Å². The number of hydrogen-bond donors (Lipinski definition) is 1. The normalized spacial score (nSPS) is 15.1. The van der Waals surface area contributed by atoms with Crippen molar-refractivity contribution in [2.45, 2.75) is 6.92 Å². The Morgan fingerprint density at radius 2 is 1.72 bits per heavy atom. The van der Waals surface area contributed by atoms with E-state index in [-0.39, 0.29) is 6.54 Å². The molecule has 0 atom stereocenters. The van der Waals surface area contributed by atoms with Crippen molar-refractivity contribution in [1.29, 1.82) is 0 Å². The molecule has 0 saturated heterocycles. The third kappa shape index (κ3) is 2.66. The number of hydrogen-bond acceptors (Lipinski definition) is 4. The van der Waals surface area contributed by atoms with E-state index in [1.165, 1.54) is 0 Å². The lowest BCUT2D eigenvalue weighted by atomic mass is 10.1. The second kappa shape index (κ2) is 5.00. The zero-order valence-corrected chi connectivity index (χ0v) is 10.9. The number of carbonyl (C=O) groups is 2. The molecule has 0 aromatic heterocycles. The monoisotopic (exact) mass is 285 g/mol. The lowest BCUT2D eigenvalue weighted by Gasteiger charge is -2.07. The molecule has 4 nitrogen and oxygen atoms in total. The van der Waals surface area contributed by atoms with E-state index < -0.39 is 11.9 Å². The van der Waals surface area contributed by atoms with E-state index in [0.29, 0.717) is 26.9 Å². The summed E-state index contributed by atoms with van der Waals surface area (Å²) in [5.41, 5.74) is 1.30. The predicted octanol–water partition coefficient (Wildman–Crippen LogP) is 2.81. The van der Waals surface area contributed by atoms with Crippen LogP contribution < -0.4 is 5.32 Å². The fourth-order valence-corrected chi connectivity index (χ4v) is 2.08. The highest BCUT2D eigenvalue weighted by molar-refractivity contribution is 6.35. The smallest absolute Gasteiger partial charge is 0.344 e. The molecular weight excluding hydrogens is 277 g/mol. The lowest BCUT2D eigenvalue weighted by Crippen LogP contribution is -2.11. The molecule has 0 unspecified atom stereocenters. The molecule has 0 amide bonds. The highest BCUT2D eigenvalue weighted by atomic mass is 35.5. The first-order valence-corrected chi connectivity index (χ1v) is 5.89. The van der Waals surface area contributed by atoms with E-state index in [2.05, 4.69) is 10.1 Å². The molecule has 1 heterocycles. The lowest BCUT2D eigenvalue weighted by molar-refractivity contribution is -0.151. The summed E-state index contributed by atoms with van der Waals surface area (Å²) in [6, 6.07) is 4.95. The fourth-order valence-electron chi connectivity index (χ4n) is 1.55. The first kappa shape index (κ1) is 12.9. The summed E-state index contributed by atoms with van der Waals surface area (Å²) >= 11 is 11.7. The molecule has 0 saturated carbocycles. The average molecular weight is 286 g/mol. The van der Waals surface area contributed by atoms with Crippen molar-refractivity contribution < 1.29 is 14.3 Å². The molecule has 0 bridgehead atoms. The van der Waals surface area contributed by atoms with E-state index in [4.69, 9.17) is 23.2 Å². The van der Waals surface area contributed by atoms with Gasteiger partial charge in [0.25, 0.3) is 0 Å². The van der Waals surface area contributed by atoms with Crippen LogP contribution in [0.1, 0.15) is 6.92 Å². The van der Waals surface area contributed by atoms with Gasteiger partial charge in [-0.15, -0.1) is 0 Å². The Labute approximate surface area is 114 Å². The first-order chi connectivity index (χ1) is 8.47. The molecule has 94 valence electrons. The number of anilines is 1. The molecule has 0 aliphatic carbocycles. The van der Waals surface area contributed by atoms with E-state index in [9.17, 15) is 9.59 Å². The Morgan fingerprint density at radius 3 is 2.22 bits per heavy atom. The first-order valence-electron chi connectivity index (χ1n) is 5.13. The Kier molecular flexibility index (Phi) is 3.59. The molecule has 1 aliphatic heterocycles. The average Bonchev–Trinajstić information content (AvgIpc) is 2.50. The van der Waals surface area contributed by atoms with Crippen molar-refractivity contribution in [3.8, 4) is 0 Å². The number of esters is 2. The molecule has 2 rings (SSSR count). The van der Waals surface area contributed by atoms with Gasteiger partial charge in [-0.2, -0.15) is 0 Å². The van der Waals surface area contributed by atoms with Gasteiger partial charge in [0.15, 0.2) is 0 Å². The van der Waals surface area contributed by atoms with Gasteiger partial charge in [0, 0.05) is 27.9 Å². The van der Waals surface area contributed by atoms with Gasteiger partial charge >= 0.3 is 11.9 Å². The van der Waals surface area contributed by atoms with Gasteiger partial charge in [0.05, 0.1) is 5.57 Å². The van der Waals surface area contributed by atoms with Crippen LogP contribution in [0.3, 0.4) is 0 Å². The number of halogens is 2. The molecular formula is C12H9Cl2NO3. The van der Waals surface area contributed by atoms with Crippen LogP contribution in [0.15, 0.2) is 29.3 Å². The molecule has 6 heteroatoms. The predicted molar refractivity (Wildman–Crippen MR) is 68.8 cm³/mol. The number of benzene rings is 1. The van der Waals surface area contributed by atoms with Gasteiger partial charge in [-0.1, -0.05) is 23.2 Å². The maximum absolute atomic E-state index is 11.4. The van der Waals surface area contributed by atoms with E-state index >= 15 is 0 Å². The summed E-state index contributed by atoms with van der Waals surface area (Å²) in [6.45, 7) is 1.74. The van der Waals surface area contributed by atoms with Crippen molar-refractivity contribution in [3.63, 3.8) is 0 Å². The summed E-state index contributed by atoms with van der Waals surface area (Å²) in [5, 5.41) is 3.94. The highest BCUT2D eigenvalue weighted by Gasteiger charge is 2.29. The summed E-state index contributed by atoms with van der Waals surface area (Å²) in [7, 11) is 0. The summed E-state index contributed by atoms with van der Waals surface area (Å²) < 4.78 is 4.48. The van der Waals surface area contributed by atoms with Gasteiger partial charge < -0.3 is 10.1 Å². The second-order valence-corrected chi connectivity index (χ2v) is 4.67. The summed E-state index contributed by atoms with van der Waals surface area (Å²) in [5.74, 6) is -1.21. The third-order valence-corrected chi connectivity index (χ3v) is 2.96. The maximum atomic E-state index is 11.4. The standard InChI is InChI=1S/C12H9Cl2NO3/c1-6-10(12(17)18-11(6)16)5-15-9-3-7(13)2-8(14)4-9/h2-4,15H,5H2,1H3. The highest BCUT2D eigenvalue weighted by Crippen LogP contribution is 2.23. The number of ether oxygens (including phenoxy) is 1. The van der Waals surface area contributed by atoms with Crippen LogP contribution >= 0.6 is 23.2 Å². The topological polar surface area (TPSA) is 55.4 Å². The minimum Gasteiger partial charge on any atom is -0.386 e. The van der Waals surface area contributed by atoms with Crippen molar-refractivity contribution in [2.75, 3.05) is 11.9 Å². The van der Waals surface area contributed by atoms with Gasteiger partial charge in [-0.3, -0.25) is 0 Å². The quantitative estimate of drug-likeness (QED) is 0.685. The van der Waals surface area contributed by atoms with Crippen LogP contribution in [0.25, 0.3) is 0 Å². The largest absolute Gasteiger partial charge is 0.386 e. The van der Waals surface area contributed by atoms with Gasteiger partial charge in [-0.05, 0) is 25.1 Å². The number of rotatable bonds is 3. The van der Waals surface area contributed by atoms with Crippen molar-refractivity contribution in [2.24, 2.45) is 0 Å². The number of cyclic esters (lactones) is 2. The van der Waals surface area contributed by atoms with Gasteiger partial charge in [0.2, 0.25) is 0 Å². The van der Waals surface area contributed by atoms with Crippen molar-refractivity contribution in [1.82, 2.24) is 0 Å². The second-order valence-electron chi connectivity index (χ2n) is 3.79. The van der Waals surface area contributed by atoms with Crippen LogP contribution in [0.2, 0.25) is 10.0 Å². The van der Waals surface area contributed by atoms with Crippen LogP contribution in [0, 0.1) is 0 Å². The summed E-state index contributed by atoms with van der Waals surface area (Å²) in [4.78, 5) is 22.5. The molecule has 1 aromatic carbocycles. The molecule has 1 aliphatic rings. The number of carbonyl (C=O) groups excluding carboxylic acids is 2. The van der Waals surface area contributed by atoms with Crippen LogP contribution in [-0.4, -0.2) is 18.5 Å². The SMILES string of the molecule is CC1=C(CNc2cc(Cl)cc(Cl)c2)C(=O)OC1=O. The van der Waals surface area contributed by atoms with Gasteiger partial charge in [0.1, 0.15) is 0 Å². The fraction of sp³-hybridized carbons (Fsp3) is 0.167. The Bertz CT molecular complexity index is 546. The Balaban J connectivity index is 2.12. The van der Waals surface area contributed by atoms with Crippen molar-refractivity contribution >= 4 is 40.8 Å². The van der Waals surface area contributed by atoms with E-state index in [1.807, 2.05) is 0 Å². The van der Waals surface area contributed by atoms with Gasteiger partial charge in [-0.25, -0.2) is 9.59 Å². The third-order valence-electron chi connectivity index (χ3n) is 2.52. The maximum Gasteiger partial charge on any atom is 0.344 e. The minimum atomic E-state index is -0.613. The van der Waals surface area contributed by atoms with Crippen LogP contribution in [-0.2, 0) is 14.3 Å². The molecule has 1 N–H and O–H groups in total. The molecule has 0 spiro atoms. The molecule has 0 radical (unpaired) electrons. The Morgan fingerprint density at radius 1 is 1.11 bits per heavy atom. The zero-order chi connectivity index (χ0) is 13.3. The zero-order valence-electron chi connectivity index (χ0n) is 9.42.